The van der Waals surface area contributed by atoms with Crippen molar-refractivity contribution in [3.63, 3.8) is 0 Å². The van der Waals surface area contributed by atoms with E-state index in [4.69, 9.17) is 9.15 Å². The van der Waals surface area contributed by atoms with Gasteiger partial charge in [0, 0.05) is 24.4 Å². The summed E-state index contributed by atoms with van der Waals surface area (Å²) in [5, 5.41) is 11.6. The molecule has 1 saturated carbocycles. The number of fused-ring (bicyclic) bond motifs is 2. The molecular formula is C22H23FN6O2. The number of nitrogens with one attached hydrogen (secondary N) is 2. The number of halogens is 1. The van der Waals surface area contributed by atoms with E-state index in [1.54, 1.807) is 17.0 Å². The van der Waals surface area contributed by atoms with Crippen LogP contribution < -0.4 is 10.6 Å². The van der Waals surface area contributed by atoms with E-state index in [1.807, 2.05) is 13.0 Å². The van der Waals surface area contributed by atoms with E-state index < -0.39 is 0 Å². The fraction of sp³-hybridized carbons (Fsp3) is 0.409. The number of aromatic nitrogens is 4. The van der Waals surface area contributed by atoms with Gasteiger partial charge in [-0.15, -0.1) is 0 Å². The van der Waals surface area contributed by atoms with Crippen LogP contribution in [0.1, 0.15) is 44.0 Å². The van der Waals surface area contributed by atoms with E-state index in [-0.39, 0.29) is 12.0 Å². The standard InChI is InChI=1S/C22H23FN6O2/c1-12-19-15(23)10-14(11-17(19)29(28-12)18-4-2-3-8-30-18)25-22-26-16-7-9-31-20(16)21(27-22)24-13-5-6-13/h7,9-11,13,18H,2-6,8H2,1H3,(H2,24,25,26,27). The van der Waals surface area contributed by atoms with Crippen LogP contribution in [0.15, 0.2) is 28.9 Å². The topological polar surface area (TPSA) is 90.0 Å². The van der Waals surface area contributed by atoms with Crippen molar-refractivity contribution >= 4 is 39.5 Å². The highest BCUT2D eigenvalue weighted by molar-refractivity contribution is 5.88. The number of hydrogen-bond acceptors (Lipinski definition) is 7. The molecular weight excluding hydrogens is 399 g/mol. The fourth-order valence-corrected chi connectivity index (χ4v) is 4.17. The molecule has 9 heteroatoms. The number of ether oxygens (including phenoxy) is 1. The van der Waals surface area contributed by atoms with Gasteiger partial charge in [0.25, 0.3) is 0 Å². The maximum absolute atomic E-state index is 15.1. The predicted molar refractivity (Wildman–Crippen MR) is 115 cm³/mol. The van der Waals surface area contributed by atoms with E-state index in [2.05, 4.69) is 25.7 Å². The summed E-state index contributed by atoms with van der Waals surface area (Å²) in [6.45, 7) is 2.52. The SMILES string of the molecule is Cc1nn(C2CCCCO2)c2cc(Nc3nc(NC4CC4)c4occc4n3)cc(F)c12. The van der Waals surface area contributed by atoms with Gasteiger partial charge in [-0.25, -0.2) is 14.1 Å². The van der Waals surface area contributed by atoms with Crippen molar-refractivity contribution in [1.82, 2.24) is 19.7 Å². The second-order valence-electron chi connectivity index (χ2n) is 8.28. The summed E-state index contributed by atoms with van der Waals surface area (Å²) in [4.78, 5) is 9.10. The van der Waals surface area contributed by atoms with Crippen LogP contribution in [0.2, 0.25) is 0 Å². The van der Waals surface area contributed by atoms with Crippen LogP contribution in [0.3, 0.4) is 0 Å². The highest BCUT2D eigenvalue weighted by atomic mass is 19.1. The van der Waals surface area contributed by atoms with Gasteiger partial charge in [0.1, 0.15) is 11.3 Å². The number of aryl methyl sites for hydroxylation is 1. The number of rotatable bonds is 5. The molecule has 1 saturated heterocycles. The highest BCUT2D eigenvalue weighted by Crippen LogP contribution is 2.33. The summed E-state index contributed by atoms with van der Waals surface area (Å²) < 4.78 is 28.3. The molecule has 0 bridgehead atoms. The lowest BCUT2D eigenvalue weighted by Gasteiger charge is -2.23. The third kappa shape index (κ3) is 3.38. The van der Waals surface area contributed by atoms with Crippen LogP contribution in [0, 0.1) is 12.7 Å². The van der Waals surface area contributed by atoms with Crippen LogP contribution in [-0.2, 0) is 4.74 Å². The number of anilines is 3. The maximum Gasteiger partial charge on any atom is 0.229 e. The Morgan fingerprint density at radius 1 is 1.16 bits per heavy atom. The zero-order valence-electron chi connectivity index (χ0n) is 17.2. The first-order chi connectivity index (χ1) is 15.2. The Morgan fingerprint density at radius 2 is 2.06 bits per heavy atom. The molecule has 4 aromatic rings. The molecule has 6 rings (SSSR count). The van der Waals surface area contributed by atoms with Crippen molar-refractivity contribution in [2.75, 3.05) is 17.2 Å². The van der Waals surface area contributed by atoms with Crippen molar-refractivity contribution in [2.24, 2.45) is 0 Å². The van der Waals surface area contributed by atoms with Crippen molar-refractivity contribution < 1.29 is 13.5 Å². The molecule has 1 unspecified atom stereocenters. The zero-order chi connectivity index (χ0) is 20.9. The second kappa shape index (κ2) is 7.19. The van der Waals surface area contributed by atoms with E-state index in [0.29, 0.717) is 57.8 Å². The largest absolute Gasteiger partial charge is 0.459 e. The van der Waals surface area contributed by atoms with E-state index >= 15 is 4.39 Å². The Kier molecular flexibility index (Phi) is 4.31. The Bertz CT molecular complexity index is 1270. The molecule has 160 valence electrons. The first kappa shape index (κ1) is 18.6. The lowest BCUT2D eigenvalue weighted by molar-refractivity contribution is -0.0368. The number of furan rings is 1. The van der Waals surface area contributed by atoms with Crippen LogP contribution in [-0.4, -0.2) is 32.4 Å². The third-order valence-electron chi connectivity index (χ3n) is 5.84. The van der Waals surface area contributed by atoms with Gasteiger partial charge in [-0.1, -0.05) is 0 Å². The Hall–Kier alpha value is -3.20. The van der Waals surface area contributed by atoms with Gasteiger partial charge in [0.2, 0.25) is 5.95 Å². The predicted octanol–water partition coefficient (Wildman–Crippen LogP) is 5.04. The highest BCUT2D eigenvalue weighted by Gasteiger charge is 2.25. The van der Waals surface area contributed by atoms with Gasteiger partial charge in [-0.3, -0.25) is 0 Å². The van der Waals surface area contributed by atoms with Crippen LogP contribution in [0.25, 0.3) is 22.0 Å². The van der Waals surface area contributed by atoms with Gasteiger partial charge >= 0.3 is 0 Å². The molecule has 1 aliphatic carbocycles. The molecule has 1 aromatic carbocycles. The molecule has 2 N–H and O–H groups in total. The monoisotopic (exact) mass is 422 g/mol. The van der Waals surface area contributed by atoms with E-state index in [9.17, 15) is 0 Å². The first-order valence-corrected chi connectivity index (χ1v) is 10.7. The summed E-state index contributed by atoms with van der Waals surface area (Å²) in [7, 11) is 0. The van der Waals surface area contributed by atoms with Gasteiger partial charge in [0.15, 0.2) is 17.6 Å². The smallest absolute Gasteiger partial charge is 0.229 e. The van der Waals surface area contributed by atoms with Gasteiger partial charge in [-0.2, -0.15) is 10.1 Å². The van der Waals surface area contributed by atoms with Crippen LogP contribution in [0.5, 0.6) is 0 Å². The minimum atomic E-state index is -0.333. The molecule has 3 aromatic heterocycles. The molecule has 0 radical (unpaired) electrons. The molecule has 2 fully saturated rings. The third-order valence-corrected chi connectivity index (χ3v) is 5.84. The molecule has 1 aliphatic heterocycles. The fourth-order valence-electron chi connectivity index (χ4n) is 4.17. The summed E-state index contributed by atoms with van der Waals surface area (Å²) in [5.74, 6) is 0.700. The summed E-state index contributed by atoms with van der Waals surface area (Å²) in [6.07, 6.45) is 6.63. The average Bonchev–Trinajstić information content (AvgIpc) is 3.33. The Balaban J connectivity index is 1.39. The zero-order valence-corrected chi connectivity index (χ0v) is 17.2. The normalized spacial score (nSPS) is 19.2. The molecule has 0 spiro atoms. The van der Waals surface area contributed by atoms with Gasteiger partial charge < -0.3 is 19.8 Å². The lowest BCUT2D eigenvalue weighted by Crippen LogP contribution is -2.19. The van der Waals surface area contributed by atoms with Crippen molar-refractivity contribution in [1.29, 1.82) is 0 Å². The van der Waals surface area contributed by atoms with Gasteiger partial charge in [0.05, 0.1) is 22.9 Å². The minimum absolute atomic E-state index is 0.174. The number of nitrogens with zero attached hydrogens (tertiary/aromatic N) is 4. The lowest BCUT2D eigenvalue weighted by atomic mass is 10.1. The molecule has 8 nitrogen and oxygen atoms in total. The second-order valence-corrected chi connectivity index (χ2v) is 8.28. The van der Waals surface area contributed by atoms with Crippen LogP contribution in [0.4, 0.5) is 21.8 Å². The van der Waals surface area contributed by atoms with E-state index in [1.165, 1.54) is 6.07 Å². The molecule has 4 heterocycles. The Morgan fingerprint density at radius 3 is 2.87 bits per heavy atom. The average molecular weight is 422 g/mol. The Labute approximate surface area is 177 Å². The maximum atomic E-state index is 15.1. The summed E-state index contributed by atoms with van der Waals surface area (Å²) >= 11 is 0. The molecule has 31 heavy (non-hydrogen) atoms. The molecule has 2 aliphatic rings. The van der Waals surface area contributed by atoms with Crippen molar-refractivity contribution in [3.8, 4) is 0 Å². The summed E-state index contributed by atoms with van der Waals surface area (Å²) in [6, 6.07) is 5.55. The van der Waals surface area contributed by atoms with Gasteiger partial charge in [-0.05, 0) is 51.2 Å². The number of hydrogen-bond donors (Lipinski definition) is 2. The summed E-state index contributed by atoms with van der Waals surface area (Å²) in [5.41, 5.74) is 3.23. The first-order valence-electron chi connectivity index (χ1n) is 10.7. The minimum Gasteiger partial charge on any atom is -0.459 e. The quantitative estimate of drug-likeness (QED) is 0.466. The van der Waals surface area contributed by atoms with Crippen molar-refractivity contribution in [2.45, 2.75) is 51.3 Å². The number of benzene rings is 1. The molecule has 1 atom stereocenters. The van der Waals surface area contributed by atoms with E-state index in [0.717, 1.165) is 32.1 Å². The molecule has 0 amide bonds. The van der Waals surface area contributed by atoms with Crippen LogP contribution >= 0.6 is 0 Å². The van der Waals surface area contributed by atoms with Crippen molar-refractivity contribution in [3.05, 3.63) is 36.0 Å².